The average molecular weight is 291 g/mol. The van der Waals surface area contributed by atoms with Gasteiger partial charge in [-0.25, -0.2) is 0 Å². The molecule has 2 heteroatoms. The molecule has 0 unspecified atom stereocenters. The van der Waals surface area contributed by atoms with Gasteiger partial charge >= 0.3 is 0 Å². The van der Waals surface area contributed by atoms with Gasteiger partial charge in [0, 0.05) is 12.5 Å². The second-order valence-corrected chi connectivity index (χ2v) is 5.69. The summed E-state index contributed by atoms with van der Waals surface area (Å²) in [5.74, 6) is 0.715. The van der Waals surface area contributed by atoms with Gasteiger partial charge in [0.1, 0.15) is 5.75 Å². The molecular weight excluding hydrogens is 270 g/mol. The van der Waals surface area contributed by atoms with Crippen LogP contribution < -0.4 is 5.32 Å². The van der Waals surface area contributed by atoms with Crippen molar-refractivity contribution in [3.63, 3.8) is 0 Å². The normalized spacial score (nSPS) is 12.4. The fourth-order valence-electron chi connectivity index (χ4n) is 2.96. The number of fused-ring (bicyclic) bond motifs is 1. The Bertz CT molecular complexity index is 766. The molecular formula is C20H21NO. The first-order valence-electron chi connectivity index (χ1n) is 7.68. The van der Waals surface area contributed by atoms with E-state index in [1.54, 1.807) is 6.07 Å². The first-order chi connectivity index (χ1) is 10.8. The van der Waals surface area contributed by atoms with Gasteiger partial charge in [-0.15, -0.1) is 0 Å². The molecule has 0 aromatic heterocycles. The van der Waals surface area contributed by atoms with Gasteiger partial charge in [0.15, 0.2) is 0 Å². The van der Waals surface area contributed by atoms with Crippen LogP contribution in [0.5, 0.6) is 5.75 Å². The summed E-state index contributed by atoms with van der Waals surface area (Å²) in [4.78, 5) is 0. The van der Waals surface area contributed by atoms with E-state index < -0.39 is 0 Å². The molecule has 0 aliphatic rings. The third kappa shape index (κ3) is 3.12. The Labute approximate surface area is 131 Å². The highest BCUT2D eigenvalue weighted by atomic mass is 16.3. The van der Waals surface area contributed by atoms with Gasteiger partial charge in [0.25, 0.3) is 0 Å². The van der Waals surface area contributed by atoms with Crippen molar-refractivity contribution < 1.29 is 5.11 Å². The number of phenols is 1. The summed E-state index contributed by atoms with van der Waals surface area (Å²) < 4.78 is 0. The largest absolute Gasteiger partial charge is 0.508 e. The van der Waals surface area contributed by atoms with E-state index in [9.17, 15) is 5.11 Å². The molecule has 0 aliphatic carbocycles. The van der Waals surface area contributed by atoms with Gasteiger partial charge in [0.2, 0.25) is 0 Å². The summed E-state index contributed by atoms with van der Waals surface area (Å²) in [7, 11) is 1.97. The van der Waals surface area contributed by atoms with Crippen LogP contribution in [0.3, 0.4) is 0 Å². The van der Waals surface area contributed by atoms with E-state index in [0.29, 0.717) is 11.7 Å². The predicted octanol–water partition coefficient (Wildman–Crippen LogP) is 4.09. The number of hydrogen-bond donors (Lipinski definition) is 2. The van der Waals surface area contributed by atoms with Gasteiger partial charge < -0.3 is 10.4 Å². The van der Waals surface area contributed by atoms with Crippen molar-refractivity contribution in [3.8, 4) is 5.75 Å². The van der Waals surface area contributed by atoms with Crippen LogP contribution in [0.4, 0.5) is 0 Å². The van der Waals surface area contributed by atoms with E-state index in [0.717, 1.165) is 18.5 Å². The summed E-state index contributed by atoms with van der Waals surface area (Å²) in [5.41, 5.74) is 2.30. The van der Waals surface area contributed by atoms with E-state index in [2.05, 4.69) is 47.8 Å². The number of likely N-dealkylation sites (N-methyl/N-ethyl adjacent to an activating group) is 1. The van der Waals surface area contributed by atoms with Gasteiger partial charge in [-0.1, -0.05) is 60.7 Å². The number of aromatic hydroxyl groups is 1. The molecule has 3 rings (SSSR count). The summed E-state index contributed by atoms with van der Waals surface area (Å²) in [6, 6.07) is 22.7. The number of para-hydroxylation sites is 1. The molecule has 0 bridgehead atoms. The molecule has 0 amide bonds. The molecule has 3 aromatic carbocycles. The van der Waals surface area contributed by atoms with Crippen LogP contribution in [0.1, 0.15) is 17.0 Å². The van der Waals surface area contributed by atoms with Crippen LogP contribution in [-0.2, 0) is 6.42 Å². The molecule has 0 spiro atoms. The number of nitrogens with one attached hydrogen (secondary N) is 1. The van der Waals surface area contributed by atoms with Crippen LogP contribution in [0.2, 0.25) is 0 Å². The lowest BCUT2D eigenvalue weighted by molar-refractivity contribution is 0.464. The van der Waals surface area contributed by atoms with Gasteiger partial charge in [-0.05, 0) is 41.4 Å². The van der Waals surface area contributed by atoms with Gasteiger partial charge in [-0.2, -0.15) is 0 Å². The number of hydrogen-bond acceptors (Lipinski definition) is 2. The van der Waals surface area contributed by atoms with Crippen molar-refractivity contribution in [2.75, 3.05) is 13.6 Å². The van der Waals surface area contributed by atoms with Crippen molar-refractivity contribution >= 4 is 10.8 Å². The monoisotopic (exact) mass is 291 g/mol. The minimum atomic E-state index is 0.336. The van der Waals surface area contributed by atoms with E-state index in [4.69, 9.17) is 0 Å². The summed E-state index contributed by atoms with van der Waals surface area (Å²) in [6.45, 7) is 0.882. The third-order valence-electron chi connectivity index (χ3n) is 4.15. The topological polar surface area (TPSA) is 32.3 Å². The van der Waals surface area contributed by atoms with Crippen molar-refractivity contribution in [2.24, 2.45) is 0 Å². The van der Waals surface area contributed by atoms with Gasteiger partial charge in [0.05, 0.1) is 0 Å². The first kappa shape index (κ1) is 14.6. The zero-order valence-corrected chi connectivity index (χ0v) is 12.8. The molecule has 3 aromatic rings. The Morgan fingerprint density at radius 2 is 1.64 bits per heavy atom. The fourth-order valence-corrected chi connectivity index (χ4v) is 2.96. The predicted molar refractivity (Wildman–Crippen MR) is 92.4 cm³/mol. The van der Waals surface area contributed by atoms with E-state index in [1.165, 1.54) is 16.3 Å². The Hall–Kier alpha value is -2.32. The zero-order valence-electron chi connectivity index (χ0n) is 12.8. The summed E-state index contributed by atoms with van der Waals surface area (Å²) >= 11 is 0. The molecule has 0 saturated carbocycles. The summed E-state index contributed by atoms with van der Waals surface area (Å²) in [6.07, 6.45) is 0.825. The Kier molecular flexibility index (Phi) is 4.40. The Balaban J connectivity index is 1.93. The SMILES string of the molecule is CNC[C@@H](Cc1ccccc1O)c1ccc2ccccc2c1. The maximum Gasteiger partial charge on any atom is 0.118 e. The molecule has 1 atom stereocenters. The second kappa shape index (κ2) is 6.63. The minimum Gasteiger partial charge on any atom is -0.508 e. The number of rotatable bonds is 5. The highest BCUT2D eigenvalue weighted by Crippen LogP contribution is 2.27. The lowest BCUT2D eigenvalue weighted by Crippen LogP contribution is -2.19. The second-order valence-electron chi connectivity index (χ2n) is 5.69. The first-order valence-corrected chi connectivity index (χ1v) is 7.68. The highest BCUT2D eigenvalue weighted by Gasteiger charge is 2.14. The van der Waals surface area contributed by atoms with E-state index in [1.807, 2.05) is 25.2 Å². The van der Waals surface area contributed by atoms with E-state index >= 15 is 0 Å². The molecule has 0 aliphatic heterocycles. The van der Waals surface area contributed by atoms with Crippen LogP contribution in [-0.4, -0.2) is 18.7 Å². The highest BCUT2D eigenvalue weighted by molar-refractivity contribution is 5.83. The van der Waals surface area contributed by atoms with Crippen LogP contribution >= 0.6 is 0 Å². The molecule has 112 valence electrons. The molecule has 0 radical (unpaired) electrons. The van der Waals surface area contributed by atoms with Gasteiger partial charge in [-0.3, -0.25) is 0 Å². The minimum absolute atomic E-state index is 0.336. The van der Waals surface area contributed by atoms with Crippen molar-refractivity contribution in [2.45, 2.75) is 12.3 Å². The van der Waals surface area contributed by atoms with E-state index in [-0.39, 0.29) is 0 Å². The van der Waals surface area contributed by atoms with Crippen LogP contribution in [0.15, 0.2) is 66.7 Å². The van der Waals surface area contributed by atoms with Crippen LogP contribution in [0.25, 0.3) is 10.8 Å². The Morgan fingerprint density at radius 1 is 0.909 bits per heavy atom. The van der Waals surface area contributed by atoms with Crippen molar-refractivity contribution in [1.29, 1.82) is 0 Å². The molecule has 2 nitrogen and oxygen atoms in total. The number of phenolic OH excluding ortho intramolecular Hbond substituents is 1. The lowest BCUT2D eigenvalue weighted by atomic mass is 9.90. The molecule has 0 fully saturated rings. The number of benzene rings is 3. The maximum atomic E-state index is 10.0. The quantitative estimate of drug-likeness (QED) is 0.742. The van der Waals surface area contributed by atoms with Crippen LogP contribution in [0, 0.1) is 0 Å². The van der Waals surface area contributed by atoms with Crippen molar-refractivity contribution in [3.05, 3.63) is 77.9 Å². The summed E-state index contributed by atoms with van der Waals surface area (Å²) in [5, 5.41) is 15.8. The lowest BCUT2D eigenvalue weighted by Gasteiger charge is -2.18. The standard InChI is InChI=1S/C20H21NO/c1-21-14-19(13-18-8-4-5-9-20(18)22)17-11-10-15-6-2-3-7-16(15)12-17/h2-12,19,21-22H,13-14H2,1H3/t19-/m1/s1. The fraction of sp³-hybridized carbons (Fsp3) is 0.200. The molecule has 2 N–H and O–H groups in total. The Morgan fingerprint density at radius 3 is 2.41 bits per heavy atom. The van der Waals surface area contributed by atoms with Crippen molar-refractivity contribution in [1.82, 2.24) is 5.32 Å². The average Bonchev–Trinajstić information content (AvgIpc) is 2.56. The molecule has 0 heterocycles. The maximum absolute atomic E-state index is 10.0. The smallest absolute Gasteiger partial charge is 0.118 e. The molecule has 22 heavy (non-hydrogen) atoms. The third-order valence-corrected chi connectivity index (χ3v) is 4.15. The zero-order chi connectivity index (χ0) is 15.4. The molecule has 0 saturated heterocycles.